The van der Waals surface area contributed by atoms with Gasteiger partial charge in [-0.3, -0.25) is 0 Å². The van der Waals surface area contributed by atoms with Gasteiger partial charge in [-0.2, -0.15) is 13.2 Å². The van der Waals surface area contributed by atoms with Crippen molar-refractivity contribution in [2.75, 3.05) is 5.32 Å². The SMILES string of the molecule is CCCC[C@@H]1C(CC)c2cc(C(F)(F)F)ccc2N[C@H]1c1ccccc1. The molecule has 2 aromatic rings. The van der Waals surface area contributed by atoms with Crippen molar-refractivity contribution in [2.24, 2.45) is 5.92 Å². The molecule has 0 amide bonds. The molecule has 0 aromatic heterocycles. The third-order valence-corrected chi connectivity index (χ3v) is 5.52. The molecule has 1 N–H and O–H groups in total. The maximum absolute atomic E-state index is 13.2. The molecular formula is C22H26F3N. The normalized spacial score (nSPS) is 22.6. The maximum Gasteiger partial charge on any atom is 0.416 e. The van der Waals surface area contributed by atoms with Gasteiger partial charge < -0.3 is 5.32 Å². The van der Waals surface area contributed by atoms with Crippen molar-refractivity contribution in [3.05, 3.63) is 65.2 Å². The van der Waals surface area contributed by atoms with Crippen LogP contribution in [0.25, 0.3) is 0 Å². The van der Waals surface area contributed by atoms with E-state index in [1.165, 1.54) is 17.7 Å². The number of anilines is 1. The topological polar surface area (TPSA) is 12.0 Å². The zero-order valence-electron chi connectivity index (χ0n) is 15.3. The van der Waals surface area contributed by atoms with E-state index in [0.717, 1.165) is 36.9 Å². The van der Waals surface area contributed by atoms with Gasteiger partial charge >= 0.3 is 6.18 Å². The van der Waals surface area contributed by atoms with Crippen molar-refractivity contribution in [3.8, 4) is 0 Å². The molecule has 0 fully saturated rings. The molecule has 1 heterocycles. The van der Waals surface area contributed by atoms with Crippen molar-refractivity contribution >= 4 is 5.69 Å². The van der Waals surface area contributed by atoms with Gasteiger partial charge in [-0.1, -0.05) is 57.0 Å². The van der Waals surface area contributed by atoms with Crippen molar-refractivity contribution in [3.63, 3.8) is 0 Å². The Morgan fingerprint density at radius 2 is 1.73 bits per heavy atom. The second-order valence-electron chi connectivity index (χ2n) is 7.15. The lowest BCUT2D eigenvalue weighted by molar-refractivity contribution is -0.137. The van der Waals surface area contributed by atoms with Crippen LogP contribution >= 0.6 is 0 Å². The minimum absolute atomic E-state index is 0.130. The van der Waals surface area contributed by atoms with E-state index in [9.17, 15) is 13.2 Å². The number of alkyl halides is 3. The molecule has 0 radical (unpaired) electrons. The number of unbranched alkanes of at least 4 members (excludes halogenated alkanes) is 1. The van der Waals surface area contributed by atoms with Gasteiger partial charge in [-0.25, -0.2) is 0 Å². The summed E-state index contributed by atoms with van der Waals surface area (Å²) in [6, 6.07) is 14.5. The minimum Gasteiger partial charge on any atom is -0.378 e. The summed E-state index contributed by atoms with van der Waals surface area (Å²) >= 11 is 0. The molecule has 0 spiro atoms. The molecule has 3 atom stereocenters. The summed E-state index contributed by atoms with van der Waals surface area (Å²) < 4.78 is 39.6. The van der Waals surface area contributed by atoms with E-state index in [2.05, 4.69) is 31.3 Å². The molecule has 0 aliphatic carbocycles. The average molecular weight is 361 g/mol. The molecule has 0 saturated carbocycles. The number of hydrogen-bond acceptors (Lipinski definition) is 1. The number of rotatable bonds is 5. The van der Waals surface area contributed by atoms with E-state index in [4.69, 9.17) is 0 Å². The molecule has 1 unspecified atom stereocenters. The van der Waals surface area contributed by atoms with E-state index in [1.807, 2.05) is 18.2 Å². The number of benzene rings is 2. The fourth-order valence-electron chi connectivity index (χ4n) is 4.24. The predicted octanol–water partition coefficient (Wildman–Crippen LogP) is 7.17. The van der Waals surface area contributed by atoms with Gasteiger partial charge in [-0.15, -0.1) is 0 Å². The summed E-state index contributed by atoms with van der Waals surface area (Å²) in [6.07, 6.45) is -0.280. The second-order valence-corrected chi connectivity index (χ2v) is 7.15. The Morgan fingerprint density at radius 3 is 2.35 bits per heavy atom. The third-order valence-electron chi connectivity index (χ3n) is 5.52. The molecule has 1 aliphatic rings. The van der Waals surface area contributed by atoms with Crippen LogP contribution in [0.3, 0.4) is 0 Å². The van der Waals surface area contributed by atoms with Gasteiger partial charge in [0.1, 0.15) is 0 Å². The smallest absolute Gasteiger partial charge is 0.378 e. The Morgan fingerprint density at radius 1 is 1.00 bits per heavy atom. The first kappa shape index (κ1) is 18.8. The number of hydrogen-bond donors (Lipinski definition) is 1. The van der Waals surface area contributed by atoms with Gasteiger partial charge in [0.15, 0.2) is 0 Å². The largest absolute Gasteiger partial charge is 0.416 e. The highest BCUT2D eigenvalue weighted by molar-refractivity contribution is 5.59. The van der Waals surface area contributed by atoms with E-state index < -0.39 is 11.7 Å². The van der Waals surface area contributed by atoms with E-state index in [1.54, 1.807) is 6.07 Å². The fourth-order valence-corrected chi connectivity index (χ4v) is 4.24. The third kappa shape index (κ3) is 3.74. The van der Waals surface area contributed by atoms with Crippen LogP contribution in [0.1, 0.15) is 68.2 Å². The van der Waals surface area contributed by atoms with Crippen molar-refractivity contribution < 1.29 is 13.2 Å². The molecule has 26 heavy (non-hydrogen) atoms. The molecule has 1 nitrogen and oxygen atoms in total. The Labute approximate surface area is 153 Å². The number of halogens is 3. The first-order valence-corrected chi connectivity index (χ1v) is 9.48. The van der Waals surface area contributed by atoms with Crippen molar-refractivity contribution in [2.45, 2.75) is 57.7 Å². The monoisotopic (exact) mass is 361 g/mol. The summed E-state index contributed by atoms with van der Waals surface area (Å²) in [5.74, 6) is 0.420. The molecule has 2 aromatic carbocycles. The Kier molecular flexibility index (Phi) is 5.59. The average Bonchev–Trinajstić information content (AvgIpc) is 2.64. The summed E-state index contributed by atoms with van der Waals surface area (Å²) in [5, 5.41) is 3.55. The summed E-state index contributed by atoms with van der Waals surface area (Å²) in [5.41, 5.74) is 2.31. The van der Waals surface area contributed by atoms with Crippen LogP contribution in [0.15, 0.2) is 48.5 Å². The minimum atomic E-state index is -4.30. The van der Waals surface area contributed by atoms with Crippen LogP contribution in [0.5, 0.6) is 0 Å². The Balaban J connectivity index is 2.05. The number of fused-ring (bicyclic) bond motifs is 1. The zero-order valence-corrected chi connectivity index (χ0v) is 15.3. The van der Waals surface area contributed by atoms with Crippen LogP contribution in [-0.4, -0.2) is 0 Å². The van der Waals surface area contributed by atoms with Crippen LogP contribution in [-0.2, 0) is 6.18 Å². The summed E-state index contributed by atoms with van der Waals surface area (Å²) in [6.45, 7) is 4.24. The van der Waals surface area contributed by atoms with Crippen LogP contribution < -0.4 is 5.32 Å². The van der Waals surface area contributed by atoms with Gasteiger partial charge in [0.05, 0.1) is 11.6 Å². The van der Waals surface area contributed by atoms with Crippen molar-refractivity contribution in [1.29, 1.82) is 0 Å². The quantitative estimate of drug-likeness (QED) is 0.595. The van der Waals surface area contributed by atoms with Crippen LogP contribution in [0.4, 0.5) is 18.9 Å². The molecule has 0 bridgehead atoms. The van der Waals surface area contributed by atoms with Gasteiger partial charge in [0, 0.05) is 5.69 Å². The molecule has 0 saturated heterocycles. The maximum atomic E-state index is 13.2. The first-order valence-electron chi connectivity index (χ1n) is 9.48. The highest BCUT2D eigenvalue weighted by Gasteiger charge is 2.38. The lowest BCUT2D eigenvalue weighted by Crippen LogP contribution is -2.32. The highest BCUT2D eigenvalue weighted by Crippen LogP contribution is 2.49. The lowest BCUT2D eigenvalue weighted by atomic mass is 9.71. The van der Waals surface area contributed by atoms with E-state index in [0.29, 0.717) is 5.92 Å². The van der Waals surface area contributed by atoms with Crippen molar-refractivity contribution in [1.82, 2.24) is 0 Å². The summed E-state index contributed by atoms with van der Waals surface area (Å²) in [7, 11) is 0. The first-order chi connectivity index (χ1) is 12.5. The van der Waals surface area contributed by atoms with Gasteiger partial charge in [0.2, 0.25) is 0 Å². The summed E-state index contributed by atoms with van der Waals surface area (Å²) in [4.78, 5) is 0. The molecule has 1 aliphatic heterocycles. The highest BCUT2D eigenvalue weighted by atomic mass is 19.4. The van der Waals surface area contributed by atoms with E-state index >= 15 is 0 Å². The van der Waals surface area contributed by atoms with Gasteiger partial charge in [0.25, 0.3) is 0 Å². The fraction of sp³-hybridized carbons (Fsp3) is 0.455. The Bertz CT molecular complexity index is 724. The Hall–Kier alpha value is -1.97. The number of nitrogens with one attached hydrogen (secondary N) is 1. The molecule has 140 valence electrons. The zero-order chi connectivity index (χ0) is 18.7. The standard InChI is InChI=1S/C22H26F3N/c1-3-5-11-18-17(4-2)19-14-16(22(23,24)25)12-13-20(19)26-21(18)15-9-7-6-8-10-15/h6-10,12-14,17-18,21,26H,3-5,11H2,1-2H3/t17?,18-,21+/m1/s1. The van der Waals surface area contributed by atoms with E-state index in [-0.39, 0.29) is 12.0 Å². The van der Waals surface area contributed by atoms with Crippen LogP contribution in [0, 0.1) is 5.92 Å². The predicted molar refractivity (Wildman–Crippen MR) is 100 cm³/mol. The molecular weight excluding hydrogens is 335 g/mol. The van der Waals surface area contributed by atoms with Crippen LogP contribution in [0.2, 0.25) is 0 Å². The van der Waals surface area contributed by atoms with Gasteiger partial charge in [-0.05, 0) is 54.0 Å². The second kappa shape index (κ2) is 7.73. The molecule has 3 rings (SSSR count). The molecule has 4 heteroatoms. The lowest BCUT2D eigenvalue weighted by Gasteiger charge is -2.41.